The Bertz CT molecular complexity index is 951. The predicted octanol–water partition coefficient (Wildman–Crippen LogP) is 3.31. The van der Waals surface area contributed by atoms with Crippen molar-refractivity contribution in [1.29, 1.82) is 0 Å². The number of thiophene rings is 1. The fourth-order valence-electron chi connectivity index (χ4n) is 3.37. The van der Waals surface area contributed by atoms with E-state index < -0.39 is 23.9 Å². The van der Waals surface area contributed by atoms with Crippen molar-refractivity contribution in [1.82, 2.24) is 14.7 Å². The summed E-state index contributed by atoms with van der Waals surface area (Å²) in [6, 6.07) is 5.31. The maximum Gasteiger partial charge on any atom is 0.269 e. The van der Waals surface area contributed by atoms with Gasteiger partial charge in [-0.1, -0.05) is 6.07 Å². The number of imidazole rings is 1. The van der Waals surface area contributed by atoms with Gasteiger partial charge in [-0.3, -0.25) is 9.20 Å². The highest BCUT2D eigenvalue weighted by Crippen LogP contribution is 2.33. The van der Waals surface area contributed by atoms with Gasteiger partial charge in [-0.05, 0) is 31.0 Å². The van der Waals surface area contributed by atoms with E-state index in [-0.39, 0.29) is 6.42 Å². The molecule has 1 unspecified atom stereocenters. The minimum atomic E-state index is -2.98. The fraction of sp³-hybridized carbons (Fsp3) is 0.333. The first-order valence-electron chi connectivity index (χ1n) is 8.41. The van der Waals surface area contributed by atoms with Crippen LogP contribution in [0.25, 0.3) is 16.9 Å². The lowest BCUT2D eigenvalue weighted by molar-refractivity contribution is -0.0674. The normalized spacial score (nSPS) is 22.4. The quantitative estimate of drug-likeness (QED) is 0.737. The van der Waals surface area contributed by atoms with Crippen LogP contribution in [-0.4, -0.2) is 33.3 Å². The first kappa shape index (κ1) is 17.1. The van der Waals surface area contributed by atoms with Crippen molar-refractivity contribution in [3.63, 3.8) is 0 Å². The van der Waals surface area contributed by atoms with Crippen molar-refractivity contribution in [3.8, 4) is 11.3 Å². The number of nitrogens with two attached hydrogens (primary N) is 1. The molecule has 3 N–H and O–H groups in total. The van der Waals surface area contributed by atoms with Gasteiger partial charge in [-0.15, -0.1) is 11.3 Å². The number of fused-ring (bicyclic) bond motifs is 1. The van der Waals surface area contributed by atoms with Crippen LogP contribution in [-0.2, 0) is 0 Å². The van der Waals surface area contributed by atoms with Crippen LogP contribution in [0.1, 0.15) is 28.9 Å². The van der Waals surface area contributed by atoms with E-state index in [9.17, 15) is 13.6 Å². The smallest absolute Gasteiger partial charge is 0.269 e. The molecule has 0 aliphatic heterocycles. The Morgan fingerprint density at radius 2 is 2.27 bits per heavy atom. The number of hydrogen-bond acceptors (Lipinski definition) is 4. The summed E-state index contributed by atoms with van der Waals surface area (Å²) in [5.41, 5.74) is 8.28. The van der Waals surface area contributed by atoms with Gasteiger partial charge in [0.25, 0.3) is 11.8 Å². The number of amides is 1. The molecule has 1 fully saturated rings. The van der Waals surface area contributed by atoms with Crippen LogP contribution in [0.4, 0.5) is 8.78 Å². The number of alkyl halides is 2. The second-order valence-electron chi connectivity index (χ2n) is 6.54. The van der Waals surface area contributed by atoms with Gasteiger partial charge in [0.1, 0.15) is 11.7 Å². The number of nitrogens with zero attached hydrogens (tertiary/aromatic N) is 2. The molecule has 5 nitrogen and oxygen atoms in total. The summed E-state index contributed by atoms with van der Waals surface area (Å²) in [6.07, 6.45) is 4.22. The van der Waals surface area contributed by atoms with Gasteiger partial charge in [0.15, 0.2) is 0 Å². The second kappa shape index (κ2) is 6.44. The number of carbonyl (C=O) groups excluding carboxylic acids is 1. The monoisotopic (exact) mass is 376 g/mol. The van der Waals surface area contributed by atoms with Gasteiger partial charge in [0.05, 0.1) is 16.8 Å². The van der Waals surface area contributed by atoms with Crippen molar-refractivity contribution in [2.75, 3.05) is 0 Å². The molecule has 0 saturated heterocycles. The number of rotatable bonds is 3. The van der Waals surface area contributed by atoms with E-state index in [1.165, 1.54) is 11.3 Å². The zero-order valence-electron chi connectivity index (χ0n) is 13.9. The molecule has 4 rings (SSSR count). The third-order valence-electron chi connectivity index (χ3n) is 4.75. The summed E-state index contributed by atoms with van der Waals surface area (Å²) in [5.74, 6) is -3.49. The average Bonchev–Trinajstić information content (AvgIpc) is 3.24. The van der Waals surface area contributed by atoms with E-state index >= 15 is 0 Å². The Hall–Kier alpha value is -2.32. The van der Waals surface area contributed by atoms with Gasteiger partial charge in [-0.2, -0.15) is 0 Å². The van der Waals surface area contributed by atoms with Gasteiger partial charge < -0.3 is 11.1 Å². The average molecular weight is 376 g/mol. The number of nitrogens with one attached hydrogen (secondary N) is 1. The fourth-order valence-corrected chi connectivity index (χ4v) is 4.17. The molecule has 0 radical (unpaired) electrons. The zero-order valence-corrected chi connectivity index (χ0v) is 14.7. The largest absolute Gasteiger partial charge is 0.341 e. The number of carbonyl (C=O) groups is 1. The SMILES string of the molecule is N[C@H]1CCCC(F)(F)C1NC(=O)c1cc(-c2cnc3ccccn23)cs1. The standard InChI is InChI=1S/C18H18F2N4OS/c19-18(20)6-3-4-12(21)16(18)23-17(25)14-8-11(10-26-14)13-9-22-15-5-1-2-7-24(13)15/h1-2,5,7-10,12,16H,3-4,6,21H2,(H,23,25)/t12-,16?/m0/s1. The van der Waals surface area contributed by atoms with Gasteiger partial charge in [0.2, 0.25) is 0 Å². The highest BCUT2D eigenvalue weighted by Gasteiger charge is 2.46. The van der Waals surface area contributed by atoms with Crippen molar-refractivity contribution < 1.29 is 13.6 Å². The first-order valence-corrected chi connectivity index (χ1v) is 9.29. The van der Waals surface area contributed by atoms with Crippen LogP contribution < -0.4 is 11.1 Å². The molecule has 3 aromatic heterocycles. The Labute approximate surface area is 152 Å². The van der Waals surface area contributed by atoms with Crippen molar-refractivity contribution in [3.05, 3.63) is 46.9 Å². The minimum Gasteiger partial charge on any atom is -0.341 e. The highest BCUT2D eigenvalue weighted by atomic mass is 32.1. The molecule has 1 amide bonds. The molecule has 26 heavy (non-hydrogen) atoms. The third kappa shape index (κ3) is 2.99. The summed E-state index contributed by atoms with van der Waals surface area (Å²) in [6.45, 7) is 0. The molecule has 8 heteroatoms. The van der Waals surface area contributed by atoms with Crippen molar-refractivity contribution in [2.24, 2.45) is 5.73 Å². The molecule has 1 aliphatic carbocycles. The van der Waals surface area contributed by atoms with E-state index in [2.05, 4.69) is 10.3 Å². The van der Waals surface area contributed by atoms with Crippen LogP contribution in [0.5, 0.6) is 0 Å². The summed E-state index contributed by atoms with van der Waals surface area (Å²) >= 11 is 1.22. The van der Waals surface area contributed by atoms with E-state index in [4.69, 9.17) is 5.73 Å². The lowest BCUT2D eigenvalue weighted by Gasteiger charge is -2.36. The maximum absolute atomic E-state index is 14.1. The summed E-state index contributed by atoms with van der Waals surface area (Å²) in [5, 5.41) is 4.27. The van der Waals surface area contributed by atoms with Crippen LogP contribution >= 0.6 is 11.3 Å². The Morgan fingerprint density at radius 3 is 3.08 bits per heavy atom. The molecular weight excluding hydrogens is 358 g/mol. The van der Waals surface area contributed by atoms with E-state index in [1.54, 1.807) is 12.3 Å². The Morgan fingerprint density at radius 1 is 1.42 bits per heavy atom. The molecule has 136 valence electrons. The molecule has 1 aliphatic rings. The lowest BCUT2D eigenvalue weighted by Crippen LogP contribution is -2.59. The number of aromatic nitrogens is 2. The minimum absolute atomic E-state index is 0.247. The maximum atomic E-state index is 14.1. The predicted molar refractivity (Wildman–Crippen MR) is 96.5 cm³/mol. The van der Waals surface area contributed by atoms with Gasteiger partial charge in [-0.25, -0.2) is 13.8 Å². The van der Waals surface area contributed by atoms with E-state index in [1.807, 2.05) is 34.2 Å². The van der Waals surface area contributed by atoms with Gasteiger partial charge in [0, 0.05) is 29.6 Å². The second-order valence-corrected chi connectivity index (χ2v) is 7.45. The zero-order chi connectivity index (χ0) is 18.3. The van der Waals surface area contributed by atoms with E-state index in [0.717, 1.165) is 16.9 Å². The summed E-state index contributed by atoms with van der Waals surface area (Å²) in [7, 11) is 0. The van der Waals surface area contributed by atoms with Crippen LogP contribution in [0.3, 0.4) is 0 Å². The molecule has 3 heterocycles. The molecule has 1 saturated carbocycles. The number of pyridine rings is 1. The van der Waals surface area contributed by atoms with Crippen LogP contribution in [0.2, 0.25) is 0 Å². The lowest BCUT2D eigenvalue weighted by atomic mass is 9.87. The molecule has 3 aromatic rings. The Kier molecular flexibility index (Phi) is 4.24. The molecule has 0 spiro atoms. The third-order valence-corrected chi connectivity index (χ3v) is 5.68. The molecule has 0 bridgehead atoms. The molecular formula is C18H18F2N4OS. The van der Waals surface area contributed by atoms with Gasteiger partial charge >= 0.3 is 0 Å². The molecule has 2 atom stereocenters. The van der Waals surface area contributed by atoms with E-state index in [0.29, 0.717) is 17.7 Å². The van der Waals surface area contributed by atoms with Crippen LogP contribution in [0, 0.1) is 0 Å². The highest BCUT2D eigenvalue weighted by molar-refractivity contribution is 7.12. The van der Waals surface area contributed by atoms with Crippen molar-refractivity contribution >= 4 is 22.9 Å². The number of halogens is 2. The molecule has 0 aromatic carbocycles. The van der Waals surface area contributed by atoms with Crippen LogP contribution in [0.15, 0.2) is 42.0 Å². The topological polar surface area (TPSA) is 72.4 Å². The first-order chi connectivity index (χ1) is 12.5. The number of hydrogen-bond donors (Lipinski definition) is 2. The Balaban J connectivity index is 1.57. The van der Waals surface area contributed by atoms with Crippen molar-refractivity contribution in [2.45, 2.75) is 37.3 Å². The summed E-state index contributed by atoms with van der Waals surface area (Å²) in [4.78, 5) is 17.2. The summed E-state index contributed by atoms with van der Waals surface area (Å²) < 4.78 is 30.1.